The fourth-order valence-electron chi connectivity index (χ4n) is 1.51. The average molecular weight is 268 g/mol. The minimum atomic E-state index is -0.744. The molecule has 0 amide bonds. The van der Waals surface area contributed by atoms with E-state index < -0.39 is 11.9 Å². The summed E-state index contributed by atoms with van der Waals surface area (Å²) in [5.41, 5.74) is 1.03. The SMILES string of the molecule is O=C(/C=C/c1ccc(O)cc1)OC(=O)c1ccccc1. The number of carbonyl (C=O) groups is 2. The zero-order chi connectivity index (χ0) is 14.4. The van der Waals surface area contributed by atoms with E-state index in [1.165, 1.54) is 18.2 Å². The van der Waals surface area contributed by atoms with E-state index in [1.54, 1.807) is 42.5 Å². The monoisotopic (exact) mass is 268 g/mol. The van der Waals surface area contributed by atoms with Crippen molar-refractivity contribution >= 4 is 18.0 Å². The van der Waals surface area contributed by atoms with Gasteiger partial charge in [0.2, 0.25) is 0 Å². The molecule has 0 aromatic heterocycles. The average Bonchev–Trinajstić information content (AvgIpc) is 2.47. The van der Waals surface area contributed by atoms with Crippen LogP contribution in [0.1, 0.15) is 15.9 Å². The Hall–Kier alpha value is -2.88. The maximum absolute atomic E-state index is 11.6. The van der Waals surface area contributed by atoms with Crippen LogP contribution < -0.4 is 0 Å². The Kier molecular flexibility index (Phi) is 4.29. The third-order valence-electron chi connectivity index (χ3n) is 2.51. The van der Waals surface area contributed by atoms with Crippen molar-refractivity contribution in [2.45, 2.75) is 0 Å². The predicted octanol–water partition coefficient (Wildman–Crippen LogP) is 2.79. The van der Waals surface area contributed by atoms with E-state index in [0.717, 1.165) is 6.08 Å². The maximum atomic E-state index is 11.6. The van der Waals surface area contributed by atoms with Gasteiger partial charge in [0.05, 0.1) is 5.56 Å². The van der Waals surface area contributed by atoms with Crippen LogP contribution in [-0.2, 0) is 9.53 Å². The number of benzene rings is 2. The largest absolute Gasteiger partial charge is 0.508 e. The van der Waals surface area contributed by atoms with E-state index in [4.69, 9.17) is 5.11 Å². The van der Waals surface area contributed by atoms with E-state index >= 15 is 0 Å². The van der Waals surface area contributed by atoms with Crippen molar-refractivity contribution in [3.63, 3.8) is 0 Å². The molecule has 4 heteroatoms. The quantitative estimate of drug-likeness (QED) is 0.528. The molecule has 0 saturated heterocycles. The number of aromatic hydroxyl groups is 1. The molecule has 100 valence electrons. The molecule has 2 rings (SSSR count). The minimum absolute atomic E-state index is 0.143. The van der Waals surface area contributed by atoms with Crippen molar-refractivity contribution in [2.24, 2.45) is 0 Å². The van der Waals surface area contributed by atoms with Crippen molar-refractivity contribution in [1.29, 1.82) is 0 Å². The van der Waals surface area contributed by atoms with Gasteiger partial charge in [-0.15, -0.1) is 0 Å². The highest BCUT2D eigenvalue weighted by molar-refractivity contribution is 6.01. The van der Waals surface area contributed by atoms with Crippen LogP contribution in [0.25, 0.3) is 6.08 Å². The number of phenols is 1. The van der Waals surface area contributed by atoms with Crippen LogP contribution in [0.5, 0.6) is 5.75 Å². The summed E-state index contributed by atoms with van der Waals surface area (Å²) in [6, 6.07) is 14.6. The molecule has 0 aliphatic carbocycles. The summed E-state index contributed by atoms with van der Waals surface area (Å²) in [6.07, 6.45) is 2.66. The van der Waals surface area contributed by atoms with Gasteiger partial charge in [-0.05, 0) is 35.9 Å². The molecule has 0 unspecified atom stereocenters. The van der Waals surface area contributed by atoms with Crippen LogP contribution in [0.15, 0.2) is 60.7 Å². The molecule has 0 saturated carbocycles. The molecule has 20 heavy (non-hydrogen) atoms. The summed E-state index contributed by atoms with van der Waals surface area (Å²) < 4.78 is 4.67. The number of hydrogen-bond acceptors (Lipinski definition) is 4. The highest BCUT2D eigenvalue weighted by Gasteiger charge is 2.09. The minimum Gasteiger partial charge on any atom is -0.508 e. The Labute approximate surface area is 115 Å². The first-order chi connectivity index (χ1) is 9.65. The molecule has 0 atom stereocenters. The van der Waals surface area contributed by atoms with Crippen molar-refractivity contribution in [3.8, 4) is 5.75 Å². The molecule has 0 aliphatic heterocycles. The number of esters is 2. The normalized spacial score (nSPS) is 10.4. The second-order valence-corrected chi connectivity index (χ2v) is 4.00. The molecule has 0 bridgehead atoms. The Morgan fingerprint density at radius 3 is 2.25 bits per heavy atom. The third-order valence-corrected chi connectivity index (χ3v) is 2.51. The van der Waals surface area contributed by atoms with E-state index in [2.05, 4.69) is 4.74 Å². The van der Waals surface area contributed by atoms with E-state index in [1.807, 2.05) is 0 Å². The summed E-state index contributed by atoms with van der Waals surface area (Å²) >= 11 is 0. The van der Waals surface area contributed by atoms with Crippen LogP contribution in [0, 0.1) is 0 Å². The zero-order valence-electron chi connectivity index (χ0n) is 10.5. The first-order valence-corrected chi connectivity index (χ1v) is 5.93. The van der Waals surface area contributed by atoms with Crippen molar-refractivity contribution < 1.29 is 19.4 Å². The third kappa shape index (κ3) is 3.81. The van der Waals surface area contributed by atoms with E-state index in [0.29, 0.717) is 11.1 Å². The summed E-state index contributed by atoms with van der Waals surface area (Å²) in [5, 5.41) is 9.12. The van der Waals surface area contributed by atoms with Gasteiger partial charge in [-0.3, -0.25) is 0 Å². The summed E-state index contributed by atoms with van der Waals surface area (Å²) in [4.78, 5) is 23.1. The Bertz CT molecular complexity index is 627. The van der Waals surface area contributed by atoms with E-state index in [9.17, 15) is 9.59 Å². The Balaban J connectivity index is 1.96. The maximum Gasteiger partial charge on any atom is 0.346 e. The van der Waals surface area contributed by atoms with Gasteiger partial charge in [0.15, 0.2) is 0 Å². The molecule has 0 fully saturated rings. The fraction of sp³-hybridized carbons (Fsp3) is 0. The van der Waals surface area contributed by atoms with Gasteiger partial charge in [-0.2, -0.15) is 0 Å². The smallest absolute Gasteiger partial charge is 0.346 e. The molecule has 0 heterocycles. The van der Waals surface area contributed by atoms with Gasteiger partial charge in [0, 0.05) is 6.08 Å². The molecule has 2 aromatic carbocycles. The lowest BCUT2D eigenvalue weighted by atomic mass is 10.2. The number of rotatable bonds is 3. The second-order valence-electron chi connectivity index (χ2n) is 4.00. The van der Waals surface area contributed by atoms with Crippen LogP contribution in [0.2, 0.25) is 0 Å². The summed E-state index contributed by atoms with van der Waals surface area (Å²) in [6.45, 7) is 0. The highest BCUT2D eigenvalue weighted by Crippen LogP contribution is 2.11. The molecular weight excluding hydrogens is 256 g/mol. The zero-order valence-corrected chi connectivity index (χ0v) is 10.5. The van der Waals surface area contributed by atoms with Crippen molar-refractivity contribution in [1.82, 2.24) is 0 Å². The van der Waals surface area contributed by atoms with Crippen LogP contribution in [0.3, 0.4) is 0 Å². The van der Waals surface area contributed by atoms with Gasteiger partial charge in [-0.1, -0.05) is 30.3 Å². The summed E-state index contributed by atoms with van der Waals surface area (Å²) in [5.74, 6) is -1.29. The van der Waals surface area contributed by atoms with Gasteiger partial charge in [0.25, 0.3) is 0 Å². The Morgan fingerprint density at radius 2 is 1.60 bits per heavy atom. The molecule has 4 nitrogen and oxygen atoms in total. The number of carbonyl (C=O) groups excluding carboxylic acids is 2. The van der Waals surface area contributed by atoms with Crippen LogP contribution >= 0.6 is 0 Å². The van der Waals surface area contributed by atoms with Crippen molar-refractivity contribution in [3.05, 3.63) is 71.8 Å². The predicted molar refractivity (Wildman–Crippen MR) is 74.0 cm³/mol. The van der Waals surface area contributed by atoms with Gasteiger partial charge in [-0.25, -0.2) is 9.59 Å². The van der Waals surface area contributed by atoms with Gasteiger partial charge >= 0.3 is 11.9 Å². The number of phenolic OH excluding ortho intramolecular Hbond substituents is 1. The van der Waals surface area contributed by atoms with E-state index in [-0.39, 0.29) is 5.75 Å². The topological polar surface area (TPSA) is 63.6 Å². The standard InChI is InChI=1S/C16H12O4/c17-14-9-6-12(7-10-14)8-11-15(18)20-16(19)13-4-2-1-3-5-13/h1-11,17H/b11-8+. The van der Waals surface area contributed by atoms with Crippen molar-refractivity contribution in [2.75, 3.05) is 0 Å². The first-order valence-electron chi connectivity index (χ1n) is 5.93. The first kappa shape index (κ1) is 13.5. The lowest BCUT2D eigenvalue weighted by Crippen LogP contribution is -2.09. The molecule has 1 N–H and O–H groups in total. The Morgan fingerprint density at radius 1 is 0.950 bits per heavy atom. The van der Waals surface area contributed by atoms with Crippen LogP contribution in [-0.4, -0.2) is 17.0 Å². The second kappa shape index (κ2) is 6.33. The number of hydrogen-bond donors (Lipinski definition) is 1. The fourth-order valence-corrected chi connectivity index (χ4v) is 1.51. The molecular formula is C16H12O4. The molecule has 0 radical (unpaired) electrons. The molecule has 0 aliphatic rings. The summed E-state index contributed by atoms with van der Waals surface area (Å²) in [7, 11) is 0. The number of ether oxygens (including phenoxy) is 1. The van der Waals surface area contributed by atoms with Gasteiger partial charge in [0.1, 0.15) is 5.75 Å². The van der Waals surface area contributed by atoms with Crippen LogP contribution in [0.4, 0.5) is 0 Å². The lowest BCUT2D eigenvalue weighted by molar-refractivity contribution is -0.132. The molecule has 0 spiro atoms. The highest BCUT2D eigenvalue weighted by atomic mass is 16.6. The molecule has 2 aromatic rings. The lowest BCUT2D eigenvalue weighted by Gasteiger charge is -1.99. The van der Waals surface area contributed by atoms with Gasteiger partial charge < -0.3 is 9.84 Å².